The van der Waals surface area contributed by atoms with Crippen molar-refractivity contribution in [3.63, 3.8) is 0 Å². The first-order valence-electron chi connectivity index (χ1n) is 7.32. The van der Waals surface area contributed by atoms with Gasteiger partial charge in [-0.2, -0.15) is 5.10 Å². The second kappa shape index (κ2) is 7.19. The van der Waals surface area contributed by atoms with Gasteiger partial charge < -0.3 is 0 Å². The number of carbonyl (C=O) groups excluding carboxylic acids is 1. The van der Waals surface area contributed by atoms with Crippen molar-refractivity contribution in [2.45, 2.75) is 6.54 Å². The molecule has 2 N–H and O–H groups in total. The number of hydrogen-bond acceptors (Lipinski definition) is 5. The lowest BCUT2D eigenvalue weighted by Gasteiger charge is -2.09. The van der Waals surface area contributed by atoms with E-state index < -0.39 is 5.91 Å². The number of pyridine rings is 1. The highest BCUT2D eigenvalue weighted by atomic mass is 16.2. The summed E-state index contributed by atoms with van der Waals surface area (Å²) in [5.74, 6) is 0.0471. The van der Waals surface area contributed by atoms with Gasteiger partial charge in [0, 0.05) is 12.3 Å². The maximum Gasteiger partial charge on any atom is 0.290 e. The minimum absolute atomic E-state index is 0.133. The Hall–Kier alpha value is -3.48. The zero-order valence-corrected chi connectivity index (χ0v) is 12.7. The number of hydrazine groups is 1. The minimum Gasteiger partial charge on any atom is -0.282 e. The van der Waals surface area contributed by atoms with Gasteiger partial charge in [-0.3, -0.25) is 20.4 Å². The monoisotopic (exact) mass is 321 g/mol. The number of hydrogen-bond donors (Lipinski definition) is 2. The van der Waals surface area contributed by atoms with E-state index in [-0.39, 0.29) is 11.3 Å². The first kappa shape index (κ1) is 15.4. The number of rotatable bonds is 5. The van der Waals surface area contributed by atoms with E-state index in [1.165, 1.54) is 16.8 Å². The quantitative estimate of drug-likeness (QED) is 0.694. The lowest BCUT2D eigenvalue weighted by molar-refractivity contribution is 0.0955. The molecule has 1 amide bonds. The lowest BCUT2D eigenvalue weighted by atomic mass is 10.2. The molecule has 0 bridgehead atoms. The van der Waals surface area contributed by atoms with Gasteiger partial charge in [-0.05, 0) is 23.8 Å². The Morgan fingerprint density at radius 3 is 2.54 bits per heavy atom. The fraction of sp³-hybridized carbons (Fsp3) is 0.0588. The predicted octanol–water partition coefficient (Wildman–Crippen LogP) is 1.44. The van der Waals surface area contributed by atoms with Crippen LogP contribution < -0.4 is 16.4 Å². The molecule has 1 aromatic carbocycles. The van der Waals surface area contributed by atoms with Gasteiger partial charge in [0.2, 0.25) is 0 Å². The van der Waals surface area contributed by atoms with Crippen LogP contribution in [-0.2, 0) is 6.54 Å². The van der Waals surface area contributed by atoms with Crippen LogP contribution in [0.25, 0.3) is 0 Å². The molecule has 0 aliphatic heterocycles. The first-order valence-corrected chi connectivity index (χ1v) is 7.32. The second-order valence-electron chi connectivity index (χ2n) is 4.99. The fourth-order valence-corrected chi connectivity index (χ4v) is 2.06. The molecular formula is C17H15N5O2. The second-order valence-corrected chi connectivity index (χ2v) is 4.99. The zero-order chi connectivity index (χ0) is 16.8. The summed E-state index contributed by atoms with van der Waals surface area (Å²) < 4.78 is 1.25. The normalized spacial score (nSPS) is 10.2. The average molecular weight is 321 g/mol. The Morgan fingerprint density at radius 1 is 1.00 bits per heavy atom. The van der Waals surface area contributed by atoms with Crippen LogP contribution in [0.4, 0.5) is 5.82 Å². The topological polar surface area (TPSA) is 88.9 Å². The van der Waals surface area contributed by atoms with Crippen molar-refractivity contribution >= 4 is 11.7 Å². The highest BCUT2D eigenvalue weighted by Gasteiger charge is 2.09. The molecule has 0 aliphatic carbocycles. The van der Waals surface area contributed by atoms with Crippen LogP contribution in [0.15, 0.2) is 71.7 Å². The van der Waals surface area contributed by atoms with Crippen LogP contribution in [0.1, 0.15) is 16.1 Å². The van der Waals surface area contributed by atoms with Crippen molar-refractivity contribution in [3.8, 4) is 0 Å². The van der Waals surface area contributed by atoms with E-state index in [9.17, 15) is 9.59 Å². The van der Waals surface area contributed by atoms with Gasteiger partial charge in [-0.25, -0.2) is 9.67 Å². The number of anilines is 1. The van der Waals surface area contributed by atoms with Gasteiger partial charge in [0.05, 0.1) is 6.54 Å². The molecule has 7 nitrogen and oxygen atoms in total. The maximum absolute atomic E-state index is 12.2. The highest BCUT2D eigenvalue weighted by Crippen LogP contribution is 2.01. The van der Waals surface area contributed by atoms with Crippen molar-refractivity contribution in [3.05, 3.63) is 88.5 Å². The molecule has 2 aromatic heterocycles. The molecule has 24 heavy (non-hydrogen) atoms. The molecule has 3 rings (SSSR count). The maximum atomic E-state index is 12.2. The first-order chi connectivity index (χ1) is 11.7. The third kappa shape index (κ3) is 3.83. The van der Waals surface area contributed by atoms with Crippen molar-refractivity contribution in [1.29, 1.82) is 0 Å². The number of aromatic nitrogens is 3. The van der Waals surface area contributed by atoms with E-state index in [2.05, 4.69) is 20.9 Å². The van der Waals surface area contributed by atoms with E-state index in [0.29, 0.717) is 12.4 Å². The Labute approximate surface area is 138 Å². The number of benzene rings is 1. The molecule has 0 unspecified atom stereocenters. The lowest BCUT2D eigenvalue weighted by Crippen LogP contribution is -2.33. The molecule has 0 spiro atoms. The van der Waals surface area contributed by atoms with Gasteiger partial charge >= 0.3 is 0 Å². The van der Waals surface area contributed by atoms with Crippen molar-refractivity contribution < 1.29 is 4.79 Å². The summed E-state index contributed by atoms with van der Waals surface area (Å²) in [6, 6.07) is 17.4. The molecule has 0 saturated heterocycles. The summed E-state index contributed by atoms with van der Waals surface area (Å²) in [6.07, 6.45) is 1.60. The van der Waals surface area contributed by atoms with Crippen molar-refractivity contribution in [1.82, 2.24) is 20.2 Å². The minimum atomic E-state index is -0.456. The van der Waals surface area contributed by atoms with Crippen LogP contribution in [0, 0.1) is 0 Å². The van der Waals surface area contributed by atoms with Gasteiger partial charge in [0.15, 0.2) is 5.69 Å². The smallest absolute Gasteiger partial charge is 0.282 e. The third-order valence-corrected chi connectivity index (χ3v) is 3.24. The van der Waals surface area contributed by atoms with Crippen molar-refractivity contribution in [2.24, 2.45) is 0 Å². The highest BCUT2D eigenvalue weighted by molar-refractivity contribution is 5.92. The van der Waals surface area contributed by atoms with Crippen LogP contribution in [-0.4, -0.2) is 20.7 Å². The van der Waals surface area contributed by atoms with Crippen LogP contribution in [0.5, 0.6) is 0 Å². The fourth-order valence-electron chi connectivity index (χ4n) is 2.06. The van der Waals surface area contributed by atoms with Gasteiger partial charge in [0.25, 0.3) is 11.5 Å². The van der Waals surface area contributed by atoms with E-state index in [1.54, 1.807) is 24.4 Å². The number of nitrogens with zero attached hydrogens (tertiary/aromatic N) is 3. The standard InChI is InChI=1S/C17H15N5O2/c23-16-10-9-14(17(24)20-19-15-8-4-5-11-18-15)21-22(16)12-13-6-2-1-3-7-13/h1-11H,12H2,(H,18,19)(H,20,24). The molecule has 0 atom stereocenters. The molecule has 0 radical (unpaired) electrons. The SMILES string of the molecule is O=C(NNc1ccccn1)c1ccc(=O)n(Cc2ccccc2)n1. The van der Waals surface area contributed by atoms with E-state index in [1.807, 2.05) is 30.3 Å². The number of amides is 1. The summed E-state index contributed by atoms with van der Waals surface area (Å²) >= 11 is 0. The average Bonchev–Trinajstić information content (AvgIpc) is 2.63. The van der Waals surface area contributed by atoms with Gasteiger partial charge in [0.1, 0.15) is 5.82 Å². The molecule has 0 fully saturated rings. The predicted molar refractivity (Wildman–Crippen MR) is 89.4 cm³/mol. The molecule has 2 heterocycles. The molecule has 0 aliphatic rings. The Kier molecular flexibility index (Phi) is 4.62. The molecular weight excluding hydrogens is 306 g/mol. The third-order valence-electron chi connectivity index (χ3n) is 3.24. The summed E-state index contributed by atoms with van der Waals surface area (Å²) in [5, 5.41) is 4.11. The van der Waals surface area contributed by atoms with E-state index >= 15 is 0 Å². The van der Waals surface area contributed by atoms with Gasteiger partial charge in [-0.15, -0.1) is 0 Å². The van der Waals surface area contributed by atoms with Gasteiger partial charge in [-0.1, -0.05) is 36.4 Å². The van der Waals surface area contributed by atoms with E-state index in [0.717, 1.165) is 5.56 Å². The molecule has 0 saturated carbocycles. The van der Waals surface area contributed by atoms with Crippen LogP contribution in [0.2, 0.25) is 0 Å². The molecule has 120 valence electrons. The Balaban J connectivity index is 1.73. The summed E-state index contributed by atoms with van der Waals surface area (Å²) in [5.41, 5.74) is 5.98. The number of nitrogens with one attached hydrogen (secondary N) is 2. The zero-order valence-electron chi connectivity index (χ0n) is 12.7. The van der Waals surface area contributed by atoms with Crippen LogP contribution in [0.3, 0.4) is 0 Å². The molecule has 7 heteroatoms. The largest absolute Gasteiger partial charge is 0.290 e. The van der Waals surface area contributed by atoms with Crippen LogP contribution >= 0.6 is 0 Å². The Morgan fingerprint density at radius 2 is 1.79 bits per heavy atom. The summed E-state index contributed by atoms with van der Waals surface area (Å²) in [6.45, 7) is 0.300. The summed E-state index contributed by atoms with van der Waals surface area (Å²) in [4.78, 5) is 28.1. The summed E-state index contributed by atoms with van der Waals surface area (Å²) in [7, 11) is 0. The Bertz CT molecular complexity index is 878. The molecule has 3 aromatic rings. The van der Waals surface area contributed by atoms with E-state index in [4.69, 9.17) is 0 Å². The van der Waals surface area contributed by atoms with Crippen molar-refractivity contribution in [2.75, 3.05) is 5.43 Å². The number of carbonyl (C=O) groups is 1.